The maximum atomic E-state index is 4.22. The smallest absolute Gasteiger partial charge is 0.0608 e. The molecule has 3 nitrogen and oxygen atoms in total. The molecule has 13 heavy (non-hydrogen) atoms. The Hall–Kier alpha value is -0.860. The van der Waals surface area contributed by atoms with Crippen LogP contribution < -0.4 is 0 Å². The van der Waals surface area contributed by atoms with Gasteiger partial charge < -0.3 is 0 Å². The second-order valence-corrected chi connectivity index (χ2v) is 3.80. The second kappa shape index (κ2) is 5.00. The topological polar surface area (TPSA) is 28.0 Å². The average Bonchev–Trinajstić information content (AvgIpc) is 2.15. The van der Waals surface area contributed by atoms with Gasteiger partial charge in [0.05, 0.1) is 5.70 Å². The molecule has 0 aromatic rings. The van der Waals surface area contributed by atoms with Gasteiger partial charge in [0.1, 0.15) is 0 Å². The highest BCUT2D eigenvalue weighted by atomic mass is 15.5. The van der Waals surface area contributed by atoms with E-state index in [1.54, 1.807) is 0 Å². The number of allylic oxidation sites excluding steroid dienone is 2. The lowest BCUT2D eigenvalue weighted by Crippen LogP contribution is -2.19. The Bertz CT molecular complexity index is 206. The summed E-state index contributed by atoms with van der Waals surface area (Å²) in [5.41, 5.74) is 1.15. The lowest BCUT2D eigenvalue weighted by molar-refractivity contribution is 0.268. The molecule has 0 aromatic heterocycles. The van der Waals surface area contributed by atoms with E-state index in [0.717, 1.165) is 12.1 Å². The zero-order valence-corrected chi connectivity index (χ0v) is 8.82. The molecule has 0 saturated carbocycles. The number of rotatable bonds is 3. The third-order valence-electron chi connectivity index (χ3n) is 2.33. The summed E-state index contributed by atoms with van der Waals surface area (Å²) in [6, 6.07) is 0.424. The Morgan fingerprint density at radius 3 is 2.69 bits per heavy atom. The largest absolute Gasteiger partial charge is 0.279 e. The molecular formula is C10H19N3. The molecule has 0 aliphatic heterocycles. The summed E-state index contributed by atoms with van der Waals surface area (Å²) >= 11 is 0. The van der Waals surface area contributed by atoms with Crippen molar-refractivity contribution in [2.45, 2.75) is 45.6 Å². The van der Waals surface area contributed by atoms with Gasteiger partial charge in [-0.25, -0.2) is 0 Å². The summed E-state index contributed by atoms with van der Waals surface area (Å²) < 4.78 is 0. The first-order valence-electron chi connectivity index (χ1n) is 5.03. The maximum absolute atomic E-state index is 4.22. The van der Waals surface area contributed by atoms with Crippen molar-refractivity contribution in [3.8, 4) is 0 Å². The van der Waals surface area contributed by atoms with E-state index in [1.165, 1.54) is 19.3 Å². The monoisotopic (exact) mass is 181 g/mol. The Kier molecular flexibility index (Phi) is 3.93. The third-order valence-corrected chi connectivity index (χ3v) is 2.33. The van der Waals surface area contributed by atoms with Crippen LogP contribution in [0.15, 0.2) is 22.1 Å². The van der Waals surface area contributed by atoms with Gasteiger partial charge in [0.2, 0.25) is 0 Å². The number of hydrogen-bond donors (Lipinski definition) is 0. The predicted octanol–water partition coefficient (Wildman–Crippen LogP) is 3.15. The molecule has 1 rings (SSSR count). The first kappa shape index (κ1) is 10.2. The molecule has 0 saturated heterocycles. The molecule has 0 amide bonds. The van der Waals surface area contributed by atoms with E-state index in [9.17, 15) is 0 Å². The molecule has 1 aliphatic carbocycles. The highest BCUT2D eigenvalue weighted by molar-refractivity contribution is 5.01. The Morgan fingerprint density at radius 1 is 1.38 bits per heavy atom. The van der Waals surface area contributed by atoms with Gasteiger partial charge in [0.25, 0.3) is 0 Å². The molecule has 0 radical (unpaired) electrons. The van der Waals surface area contributed by atoms with Gasteiger partial charge in [-0.3, -0.25) is 5.01 Å². The molecule has 0 atom stereocenters. The summed E-state index contributed by atoms with van der Waals surface area (Å²) in [5.74, 6) is 0. The van der Waals surface area contributed by atoms with Crippen LogP contribution in [0.2, 0.25) is 0 Å². The van der Waals surface area contributed by atoms with Gasteiger partial charge in [-0.2, -0.15) is 0 Å². The van der Waals surface area contributed by atoms with Crippen molar-refractivity contribution >= 4 is 0 Å². The summed E-state index contributed by atoms with van der Waals surface area (Å²) in [7, 11) is 1.96. The van der Waals surface area contributed by atoms with Crippen LogP contribution in [-0.2, 0) is 0 Å². The Morgan fingerprint density at radius 2 is 2.15 bits per heavy atom. The van der Waals surface area contributed by atoms with Crippen LogP contribution in [0.1, 0.15) is 39.5 Å². The molecule has 0 spiro atoms. The summed E-state index contributed by atoms with van der Waals surface area (Å²) in [4.78, 5) is 0. The van der Waals surface area contributed by atoms with Gasteiger partial charge in [-0.05, 0) is 39.5 Å². The molecule has 1 aliphatic rings. The molecule has 0 heterocycles. The zero-order valence-electron chi connectivity index (χ0n) is 8.82. The zero-order chi connectivity index (χ0) is 9.68. The minimum absolute atomic E-state index is 0.424. The normalized spacial score (nSPS) is 18.0. The fourth-order valence-corrected chi connectivity index (χ4v) is 1.14. The van der Waals surface area contributed by atoms with E-state index in [0.29, 0.717) is 6.04 Å². The van der Waals surface area contributed by atoms with Crippen LogP contribution in [0, 0.1) is 0 Å². The Labute approximate surface area is 80.5 Å². The maximum Gasteiger partial charge on any atom is 0.0608 e. The van der Waals surface area contributed by atoms with Crippen molar-refractivity contribution < 1.29 is 0 Å². The van der Waals surface area contributed by atoms with E-state index in [1.807, 2.05) is 12.1 Å². The van der Waals surface area contributed by atoms with Crippen LogP contribution in [-0.4, -0.2) is 18.1 Å². The van der Waals surface area contributed by atoms with Crippen molar-refractivity contribution in [3.63, 3.8) is 0 Å². The summed E-state index contributed by atoms with van der Waals surface area (Å²) in [6.45, 7) is 4.21. The van der Waals surface area contributed by atoms with Crippen LogP contribution in [0.3, 0.4) is 0 Å². The molecule has 3 heteroatoms. The number of hydrogen-bond acceptors (Lipinski definition) is 2. The van der Waals surface area contributed by atoms with Gasteiger partial charge in [0, 0.05) is 13.1 Å². The summed E-state index contributed by atoms with van der Waals surface area (Å²) in [6.07, 6.45) is 7.02. The molecule has 0 bridgehead atoms. The van der Waals surface area contributed by atoms with Crippen LogP contribution in [0.5, 0.6) is 0 Å². The van der Waals surface area contributed by atoms with Crippen LogP contribution >= 0.6 is 0 Å². The SMILES string of the molecule is CC(C)N(C)/N=N/C1=CCCCC1. The van der Waals surface area contributed by atoms with Crippen molar-refractivity contribution in [2.75, 3.05) is 7.05 Å². The third kappa shape index (κ3) is 3.57. The first-order valence-corrected chi connectivity index (χ1v) is 5.03. The highest BCUT2D eigenvalue weighted by Gasteiger charge is 2.03. The fourth-order valence-electron chi connectivity index (χ4n) is 1.14. The van der Waals surface area contributed by atoms with E-state index in [-0.39, 0.29) is 0 Å². The number of nitrogens with zero attached hydrogens (tertiary/aromatic N) is 3. The van der Waals surface area contributed by atoms with E-state index in [4.69, 9.17) is 0 Å². The van der Waals surface area contributed by atoms with Crippen molar-refractivity contribution in [1.82, 2.24) is 5.01 Å². The molecule has 0 N–H and O–H groups in total. The lowest BCUT2D eigenvalue weighted by atomic mass is 10.1. The minimum Gasteiger partial charge on any atom is -0.279 e. The van der Waals surface area contributed by atoms with Crippen molar-refractivity contribution in [2.24, 2.45) is 10.3 Å². The molecule has 0 aromatic carbocycles. The van der Waals surface area contributed by atoms with Crippen LogP contribution in [0.25, 0.3) is 0 Å². The van der Waals surface area contributed by atoms with Gasteiger partial charge >= 0.3 is 0 Å². The predicted molar refractivity (Wildman–Crippen MR) is 54.3 cm³/mol. The minimum atomic E-state index is 0.424. The summed E-state index contributed by atoms with van der Waals surface area (Å²) in [5, 5.41) is 10.2. The standard InChI is InChI=1S/C10H19N3/c1-9(2)13(3)12-11-10-7-5-4-6-8-10/h7,9H,4-6,8H2,1-3H3/b12-11+. The second-order valence-electron chi connectivity index (χ2n) is 3.80. The average molecular weight is 181 g/mol. The molecular weight excluding hydrogens is 162 g/mol. The van der Waals surface area contributed by atoms with E-state index in [2.05, 4.69) is 30.3 Å². The highest BCUT2D eigenvalue weighted by Crippen LogP contribution is 2.18. The van der Waals surface area contributed by atoms with E-state index < -0.39 is 0 Å². The Balaban J connectivity index is 2.42. The first-order chi connectivity index (χ1) is 6.20. The molecule has 0 unspecified atom stereocenters. The van der Waals surface area contributed by atoms with Crippen molar-refractivity contribution in [1.29, 1.82) is 0 Å². The van der Waals surface area contributed by atoms with Gasteiger partial charge in [0.15, 0.2) is 0 Å². The molecule has 0 fully saturated rings. The van der Waals surface area contributed by atoms with E-state index >= 15 is 0 Å². The van der Waals surface area contributed by atoms with Gasteiger partial charge in [-0.15, -0.1) is 5.11 Å². The lowest BCUT2D eigenvalue weighted by Gasteiger charge is -2.15. The molecule has 74 valence electrons. The fraction of sp³-hybridized carbons (Fsp3) is 0.800. The van der Waals surface area contributed by atoms with Gasteiger partial charge in [-0.1, -0.05) is 11.3 Å². The van der Waals surface area contributed by atoms with Crippen molar-refractivity contribution in [3.05, 3.63) is 11.8 Å². The van der Waals surface area contributed by atoms with Crippen LogP contribution in [0.4, 0.5) is 0 Å². The quantitative estimate of drug-likeness (QED) is 0.485.